The van der Waals surface area contributed by atoms with Crippen LogP contribution in [0.5, 0.6) is 0 Å². The lowest BCUT2D eigenvalue weighted by Gasteiger charge is -2.21. The van der Waals surface area contributed by atoms with Gasteiger partial charge in [-0.05, 0) is 96.3 Å². The molecule has 0 fully saturated rings. The van der Waals surface area contributed by atoms with Crippen LogP contribution in [0.4, 0.5) is 0 Å². The van der Waals surface area contributed by atoms with Gasteiger partial charge in [-0.1, -0.05) is 219 Å². The number of allylic oxidation sites excluding steroid dienone is 20. The summed E-state index contributed by atoms with van der Waals surface area (Å²) in [6.07, 6.45) is 67.5. The van der Waals surface area contributed by atoms with E-state index < -0.39 is 57.8 Å². The van der Waals surface area contributed by atoms with Gasteiger partial charge >= 0.3 is 25.7 Å². The highest BCUT2D eigenvalue weighted by atomic mass is 31.2. The van der Waals surface area contributed by atoms with Crippen LogP contribution in [0.2, 0.25) is 0 Å². The molecule has 0 rings (SSSR count). The summed E-state index contributed by atoms with van der Waals surface area (Å²) >= 11 is 0. The first-order chi connectivity index (χ1) is 36.2. The van der Waals surface area contributed by atoms with Gasteiger partial charge in [0, 0.05) is 19.3 Å². The molecule has 420 valence electrons. The first kappa shape index (κ1) is 69.9. The number of carbonyl (C=O) groups excluding carboxylic acids is 3. The maximum atomic E-state index is 12.9. The lowest BCUT2D eigenvalue weighted by Crippen LogP contribution is -2.30. The maximum Gasteiger partial charge on any atom is 0.472 e. The van der Waals surface area contributed by atoms with E-state index in [0.29, 0.717) is 19.3 Å². The summed E-state index contributed by atoms with van der Waals surface area (Å²) < 4.78 is 39.3. The second-order valence-electron chi connectivity index (χ2n) is 18.3. The monoisotopic (exact) mass is 1050 g/mol. The van der Waals surface area contributed by atoms with Crippen LogP contribution in [0.25, 0.3) is 0 Å². The molecule has 12 heteroatoms. The van der Waals surface area contributed by atoms with Crippen LogP contribution in [0.15, 0.2) is 122 Å². The fraction of sp³-hybridized carbons (Fsp3) is 0.629. The highest BCUT2D eigenvalue weighted by molar-refractivity contribution is 7.47. The summed E-state index contributed by atoms with van der Waals surface area (Å²) in [7, 11) is -4.77. The number of hydrogen-bond donors (Lipinski definition) is 2. The lowest BCUT2D eigenvalue weighted by molar-refractivity contribution is -0.161. The standard InChI is InChI=1S/C62H101O11P/c1-4-7-10-13-16-19-21-23-25-27-29-31-33-35-37-40-42-45-48-51-60(64)69-55-59(57-71-74(67,68)70-56-58(54-63)72-61(65)52-49-46-43-39-18-15-12-9-6-3)73-62(66)53-50-47-44-41-38-36-34-32-30-28-26-24-22-20-17-14-11-8-5-2/h7-8,10-11,16-17,19-20,23-26,29-32,35,37,42,45,58-59,63H,4-6,9,12-15,18,21-22,27-28,33-34,36,38-41,43-44,46-57H2,1-3H3,(H,67,68)/b10-7-,11-8-,19-16-,20-17-,25-23-,26-24-,31-29-,32-30-,37-35-,45-42-. The predicted octanol–water partition coefficient (Wildman–Crippen LogP) is 16.8. The molecule has 0 spiro atoms. The molecule has 3 unspecified atom stereocenters. The molecule has 2 N–H and O–H groups in total. The minimum Gasteiger partial charge on any atom is -0.462 e. The van der Waals surface area contributed by atoms with E-state index in [-0.39, 0.29) is 25.9 Å². The van der Waals surface area contributed by atoms with Crippen LogP contribution in [0, 0.1) is 0 Å². The molecular formula is C62H101O11P. The molecule has 0 aliphatic heterocycles. The lowest BCUT2D eigenvalue weighted by atomic mass is 10.1. The molecule has 0 aliphatic rings. The molecule has 0 aromatic rings. The van der Waals surface area contributed by atoms with Crippen LogP contribution in [0.3, 0.4) is 0 Å². The first-order valence-electron chi connectivity index (χ1n) is 28.4. The minimum atomic E-state index is -4.77. The number of hydrogen-bond acceptors (Lipinski definition) is 10. The SMILES string of the molecule is CC/C=C\C/C=C\C/C=C\C/C=C\C/C=C\C/C=C\CCC(=O)OCC(COP(=O)(O)OCC(CO)OC(=O)CCCCCCCCCCC)OC(=O)CCCCCCCC/C=C\C/C=C\C/C=C\C/C=C\CC. The first-order valence-corrected chi connectivity index (χ1v) is 29.9. The van der Waals surface area contributed by atoms with Gasteiger partial charge in [0.2, 0.25) is 0 Å². The molecule has 11 nitrogen and oxygen atoms in total. The molecule has 0 saturated carbocycles. The molecular weight excluding hydrogens is 952 g/mol. The van der Waals surface area contributed by atoms with Gasteiger partial charge in [0.25, 0.3) is 0 Å². The Morgan fingerprint density at radius 3 is 1.14 bits per heavy atom. The number of phosphoric acid groups is 1. The third kappa shape index (κ3) is 52.7. The number of esters is 3. The number of aliphatic hydroxyl groups excluding tert-OH is 1. The molecule has 0 aromatic carbocycles. The van der Waals surface area contributed by atoms with Gasteiger partial charge in [-0.15, -0.1) is 0 Å². The van der Waals surface area contributed by atoms with Gasteiger partial charge < -0.3 is 24.2 Å². The van der Waals surface area contributed by atoms with Crippen molar-refractivity contribution in [1.82, 2.24) is 0 Å². The Morgan fingerprint density at radius 1 is 0.392 bits per heavy atom. The third-order valence-corrected chi connectivity index (χ3v) is 12.3. The zero-order chi connectivity index (χ0) is 54.1. The minimum absolute atomic E-state index is 0.0924. The van der Waals surface area contributed by atoms with Crippen molar-refractivity contribution < 1.29 is 52.2 Å². The number of carbonyl (C=O) groups is 3. The van der Waals surface area contributed by atoms with E-state index in [1.807, 2.05) is 12.2 Å². The zero-order valence-electron chi connectivity index (χ0n) is 46.3. The third-order valence-electron chi connectivity index (χ3n) is 11.4. The number of ether oxygens (including phenoxy) is 3. The number of rotatable bonds is 51. The average molecular weight is 1050 g/mol. The van der Waals surface area contributed by atoms with E-state index in [2.05, 4.69) is 130 Å². The average Bonchev–Trinajstić information content (AvgIpc) is 3.39. The van der Waals surface area contributed by atoms with Gasteiger partial charge in [-0.25, -0.2) is 4.57 Å². The largest absolute Gasteiger partial charge is 0.472 e. The van der Waals surface area contributed by atoms with Crippen molar-refractivity contribution in [1.29, 1.82) is 0 Å². The fourth-order valence-corrected chi connectivity index (χ4v) is 7.92. The van der Waals surface area contributed by atoms with Crippen LogP contribution in [-0.2, 0) is 42.2 Å². The van der Waals surface area contributed by atoms with Crippen LogP contribution in [-0.4, -0.2) is 66.5 Å². The predicted molar refractivity (Wildman–Crippen MR) is 306 cm³/mol. The van der Waals surface area contributed by atoms with Crippen molar-refractivity contribution in [2.45, 2.75) is 226 Å². The zero-order valence-corrected chi connectivity index (χ0v) is 47.2. The van der Waals surface area contributed by atoms with E-state index in [4.69, 9.17) is 23.3 Å². The van der Waals surface area contributed by atoms with Gasteiger partial charge in [0.1, 0.15) is 12.7 Å². The smallest absolute Gasteiger partial charge is 0.462 e. The summed E-state index contributed by atoms with van der Waals surface area (Å²) in [5.41, 5.74) is 0. The number of aliphatic hydroxyl groups is 1. The van der Waals surface area contributed by atoms with Gasteiger partial charge in [0.05, 0.1) is 19.8 Å². The van der Waals surface area contributed by atoms with Gasteiger partial charge in [-0.2, -0.15) is 0 Å². The Kier molecular flexibility index (Phi) is 52.1. The van der Waals surface area contributed by atoms with Crippen molar-refractivity contribution in [2.24, 2.45) is 0 Å². The van der Waals surface area contributed by atoms with Crippen LogP contribution < -0.4 is 0 Å². The van der Waals surface area contributed by atoms with Crippen molar-refractivity contribution in [3.05, 3.63) is 122 Å². The second kappa shape index (κ2) is 55.1. The number of phosphoric ester groups is 1. The molecule has 0 bridgehead atoms. The summed E-state index contributed by atoms with van der Waals surface area (Å²) in [4.78, 5) is 48.4. The quantitative estimate of drug-likeness (QED) is 0.0197. The molecule has 0 radical (unpaired) electrons. The molecule has 74 heavy (non-hydrogen) atoms. The molecule has 0 heterocycles. The van der Waals surface area contributed by atoms with E-state index in [9.17, 15) is 28.9 Å². The molecule has 3 atom stereocenters. The van der Waals surface area contributed by atoms with E-state index in [1.54, 1.807) is 0 Å². The maximum absolute atomic E-state index is 12.9. The summed E-state index contributed by atoms with van der Waals surface area (Å²) in [6, 6.07) is 0. The van der Waals surface area contributed by atoms with Crippen molar-refractivity contribution in [3.63, 3.8) is 0 Å². The Bertz CT molecular complexity index is 1700. The number of unbranched alkanes of at least 4 members (excludes halogenated alkanes) is 14. The van der Waals surface area contributed by atoms with Gasteiger partial charge in [0.15, 0.2) is 6.10 Å². The van der Waals surface area contributed by atoms with E-state index in [0.717, 1.165) is 122 Å². The Hall–Kier alpha value is -4.12. The van der Waals surface area contributed by atoms with Crippen LogP contribution in [0.1, 0.15) is 213 Å². The fourth-order valence-electron chi connectivity index (χ4n) is 7.14. The Labute approximate surface area is 449 Å². The highest BCUT2D eigenvalue weighted by Crippen LogP contribution is 2.43. The normalized spacial score (nSPS) is 14.3. The molecule has 0 amide bonds. The van der Waals surface area contributed by atoms with Crippen molar-refractivity contribution >= 4 is 25.7 Å². The van der Waals surface area contributed by atoms with E-state index in [1.165, 1.54) is 32.1 Å². The second-order valence-corrected chi connectivity index (χ2v) is 19.8. The summed E-state index contributed by atoms with van der Waals surface area (Å²) in [5.74, 6) is -1.59. The topological polar surface area (TPSA) is 155 Å². The van der Waals surface area contributed by atoms with Crippen LogP contribution >= 0.6 is 7.82 Å². The van der Waals surface area contributed by atoms with Crippen molar-refractivity contribution in [2.75, 3.05) is 26.4 Å². The highest BCUT2D eigenvalue weighted by Gasteiger charge is 2.28. The molecule has 0 aromatic heterocycles. The summed E-state index contributed by atoms with van der Waals surface area (Å²) in [5, 5.41) is 9.77. The molecule has 0 saturated heterocycles. The molecule has 0 aliphatic carbocycles. The summed E-state index contributed by atoms with van der Waals surface area (Å²) in [6.45, 7) is 4.27. The Balaban J connectivity index is 4.87. The van der Waals surface area contributed by atoms with E-state index >= 15 is 0 Å². The van der Waals surface area contributed by atoms with Crippen molar-refractivity contribution in [3.8, 4) is 0 Å². The Morgan fingerprint density at radius 2 is 0.730 bits per heavy atom. The van der Waals surface area contributed by atoms with Gasteiger partial charge in [-0.3, -0.25) is 23.4 Å².